The number of carbonyl (C=O) groups is 2. The highest BCUT2D eigenvalue weighted by Crippen LogP contribution is 2.28. The number of rotatable bonds is 5. The highest BCUT2D eigenvalue weighted by atomic mass is 35.5. The molecule has 2 fully saturated rings. The highest BCUT2D eigenvalue weighted by molar-refractivity contribution is 7.91. The Kier molecular flexibility index (Phi) is 5.99. The largest absolute Gasteiger partial charge is 0.378 e. The Labute approximate surface area is 183 Å². The van der Waals surface area contributed by atoms with E-state index in [1.807, 2.05) is 0 Å². The van der Waals surface area contributed by atoms with Gasteiger partial charge in [-0.1, -0.05) is 11.6 Å². The number of ether oxygens (including phenoxy) is 1. The smallest absolute Gasteiger partial charge is 0.268 e. The van der Waals surface area contributed by atoms with Crippen LogP contribution in [0.4, 0.5) is 0 Å². The third-order valence-electron chi connectivity index (χ3n) is 5.25. The quantitative estimate of drug-likeness (QED) is 0.697. The Morgan fingerprint density at radius 3 is 2.80 bits per heavy atom. The van der Waals surface area contributed by atoms with Crippen LogP contribution in [0.1, 0.15) is 13.3 Å². The number of aromatic nitrogens is 1. The van der Waals surface area contributed by atoms with Crippen LogP contribution in [0.5, 0.6) is 0 Å². The van der Waals surface area contributed by atoms with Gasteiger partial charge in [0.1, 0.15) is 12.1 Å². The van der Waals surface area contributed by atoms with Crippen molar-refractivity contribution in [2.45, 2.75) is 29.8 Å². The third-order valence-corrected chi connectivity index (χ3v) is 8.35. The molecule has 4 rings (SSSR count). The van der Waals surface area contributed by atoms with E-state index in [2.05, 4.69) is 9.71 Å². The van der Waals surface area contributed by atoms with Crippen molar-refractivity contribution in [3.63, 3.8) is 0 Å². The molecule has 0 spiro atoms. The number of nitrogens with one attached hydrogen (secondary N) is 1. The average Bonchev–Trinajstić information content (AvgIpc) is 3.31. The van der Waals surface area contributed by atoms with Gasteiger partial charge in [-0.25, -0.2) is 13.4 Å². The number of nitrogens with zero attached hydrogens (tertiary/aromatic N) is 3. The van der Waals surface area contributed by atoms with Crippen molar-refractivity contribution in [1.29, 1.82) is 0 Å². The first-order valence-corrected chi connectivity index (χ1v) is 12.2. The van der Waals surface area contributed by atoms with Crippen LogP contribution >= 0.6 is 22.9 Å². The lowest BCUT2D eigenvalue weighted by molar-refractivity contribution is -0.146. The summed E-state index contributed by atoms with van der Waals surface area (Å²) < 4.78 is 33.8. The van der Waals surface area contributed by atoms with Gasteiger partial charge in [0.25, 0.3) is 10.0 Å². The first-order chi connectivity index (χ1) is 14.3. The van der Waals surface area contributed by atoms with Crippen LogP contribution in [0.15, 0.2) is 22.5 Å². The minimum Gasteiger partial charge on any atom is -0.378 e. The Bertz CT molecular complexity index is 1080. The second kappa shape index (κ2) is 8.39. The molecular weight excluding hydrogens is 452 g/mol. The Morgan fingerprint density at radius 1 is 1.33 bits per heavy atom. The zero-order valence-corrected chi connectivity index (χ0v) is 18.6. The molecule has 0 bridgehead atoms. The van der Waals surface area contributed by atoms with Crippen molar-refractivity contribution in [3.8, 4) is 0 Å². The lowest BCUT2D eigenvalue weighted by Crippen LogP contribution is -2.52. The zero-order valence-electron chi connectivity index (χ0n) is 16.2. The number of likely N-dealkylation sites (tertiary alicyclic amines) is 1. The van der Waals surface area contributed by atoms with E-state index in [4.69, 9.17) is 16.3 Å². The monoisotopic (exact) mass is 472 g/mol. The highest BCUT2D eigenvalue weighted by Gasteiger charge is 2.40. The van der Waals surface area contributed by atoms with Gasteiger partial charge in [-0.2, -0.15) is 4.72 Å². The van der Waals surface area contributed by atoms with E-state index in [1.165, 1.54) is 4.90 Å². The first-order valence-electron chi connectivity index (χ1n) is 9.52. The normalized spacial score (nSPS) is 21.4. The summed E-state index contributed by atoms with van der Waals surface area (Å²) in [5.74, 6) is -0.560. The summed E-state index contributed by atoms with van der Waals surface area (Å²) in [5.41, 5.74) is 0.522. The number of morpholine rings is 1. The number of carbonyl (C=O) groups excluding carboxylic acids is 2. The number of sulfonamides is 1. The van der Waals surface area contributed by atoms with Gasteiger partial charge in [-0.15, -0.1) is 11.3 Å². The minimum atomic E-state index is -3.99. The summed E-state index contributed by atoms with van der Waals surface area (Å²) in [7, 11) is -3.99. The molecule has 1 N–H and O–H groups in total. The van der Waals surface area contributed by atoms with Gasteiger partial charge in [0.05, 0.1) is 23.4 Å². The van der Waals surface area contributed by atoms with Crippen LogP contribution < -0.4 is 4.72 Å². The molecule has 2 amide bonds. The fourth-order valence-corrected chi connectivity index (χ4v) is 6.35. The van der Waals surface area contributed by atoms with Gasteiger partial charge in [0, 0.05) is 24.7 Å². The van der Waals surface area contributed by atoms with Crippen LogP contribution in [0.25, 0.3) is 10.2 Å². The van der Waals surface area contributed by atoms with Crippen molar-refractivity contribution in [2.24, 2.45) is 0 Å². The Morgan fingerprint density at radius 2 is 2.07 bits per heavy atom. The van der Waals surface area contributed by atoms with Gasteiger partial charge in [-0.05, 0) is 31.5 Å². The maximum atomic E-state index is 12.8. The van der Waals surface area contributed by atoms with Gasteiger partial charge in [0.15, 0.2) is 0 Å². The van der Waals surface area contributed by atoms with E-state index in [1.54, 1.807) is 30.0 Å². The fraction of sp³-hybridized carbons (Fsp3) is 0.500. The second-order valence-electron chi connectivity index (χ2n) is 7.20. The number of hydrogen-bond acceptors (Lipinski definition) is 7. The molecule has 2 aliphatic rings. The van der Waals surface area contributed by atoms with Crippen molar-refractivity contribution in [3.05, 3.63) is 23.2 Å². The SMILES string of the molecule is C[C@@H](C(=O)N1CCOCC1)N1CCC(NS(=O)(=O)c2nc3ccc(Cl)cc3s2)C1=O. The third kappa shape index (κ3) is 4.17. The molecule has 0 aliphatic carbocycles. The summed E-state index contributed by atoms with van der Waals surface area (Å²) >= 11 is 6.94. The maximum Gasteiger partial charge on any atom is 0.268 e. The summed E-state index contributed by atoms with van der Waals surface area (Å²) in [6.07, 6.45) is 0.287. The Balaban J connectivity index is 1.45. The zero-order chi connectivity index (χ0) is 21.5. The molecule has 0 saturated carbocycles. The summed E-state index contributed by atoms with van der Waals surface area (Å²) in [5, 5.41) is 0.489. The molecule has 2 atom stereocenters. The number of hydrogen-bond donors (Lipinski definition) is 1. The predicted molar refractivity (Wildman–Crippen MR) is 112 cm³/mol. The molecule has 12 heteroatoms. The summed E-state index contributed by atoms with van der Waals surface area (Å²) in [4.78, 5) is 32.8. The molecule has 9 nitrogen and oxygen atoms in total. The lowest BCUT2D eigenvalue weighted by Gasteiger charge is -2.32. The minimum absolute atomic E-state index is 0.122. The van der Waals surface area contributed by atoms with E-state index in [0.29, 0.717) is 48.1 Å². The van der Waals surface area contributed by atoms with E-state index in [9.17, 15) is 18.0 Å². The van der Waals surface area contributed by atoms with Crippen LogP contribution in [-0.4, -0.2) is 79.9 Å². The van der Waals surface area contributed by atoms with Crippen molar-refractivity contribution in [1.82, 2.24) is 19.5 Å². The summed E-state index contributed by atoms with van der Waals surface area (Å²) in [6.45, 7) is 3.90. The van der Waals surface area contributed by atoms with Gasteiger partial charge in [-0.3, -0.25) is 9.59 Å². The molecule has 2 aromatic rings. The number of thiazole rings is 1. The topological polar surface area (TPSA) is 109 Å². The van der Waals surface area contributed by atoms with Crippen LogP contribution in [-0.2, 0) is 24.3 Å². The van der Waals surface area contributed by atoms with Crippen LogP contribution in [0.3, 0.4) is 0 Å². The average molecular weight is 473 g/mol. The first kappa shape index (κ1) is 21.4. The summed E-state index contributed by atoms with van der Waals surface area (Å²) in [6, 6.07) is 3.35. The van der Waals surface area contributed by atoms with Crippen molar-refractivity contribution < 1.29 is 22.7 Å². The molecule has 1 aromatic carbocycles. The van der Waals surface area contributed by atoms with Gasteiger partial charge < -0.3 is 14.5 Å². The van der Waals surface area contributed by atoms with E-state index >= 15 is 0 Å². The second-order valence-corrected chi connectivity index (χ2v) is 10.6. The Hall–Kier alpha value is -1.79. The molecule has 3 heterocycles. The van der Waals surface area contributed by atoms with Gasteiger partial charge in [0.2, 0.25) is 16.2 Å². The van der Waals surface area contributed by atoms with Crippen molar-refractivity contribution >= 4 is 55.0 Å². The molecule has 0 radical (unpaired) electrons. The van der Waals surface area contributed by atoms with E-state index in [-0.39, 0.29) is 16.7 Å². The fourth-order valence-electron chi connectivity index (χ4n) is 3.61. The molecule has 2 aliphatic heterocycles. The van der Waals surface area contributed by atoms with Crippen LogP contribution in [0, 0.1) is 0 Å². The van der Waals surface area contributed by atoms with E-state index < -0.39 is 28.0 Å². The van der Waals surface area contributed by atoms with E-state index in [0.717, 1.165) is 11.3 Å². The number of benzene rings is 1. The molecule has 162 valence electrons. The molecule has 2 saturated heterocycles. The molecule has 30 heavy (non-hydrogen) atoms. The lowest BCUT2D eigenvalue weighted by atomic mass is 10.2. The number of halogens is 1. The molecule has 1 aromatic heterocycles. The van der Waals surface area contributed by atoms with Gasteiger partial charge >= 0.3 is 0 Å². The predicted octanol–water partition coefficient (Wildman–Crippen LogP) is 1.08. The molecular formula is C18H21ClN4O5S2. The molecule has 1 unspecified atom stereocenters. The maximum absolute atomic E-state index is 12.8. The number of fused-ring (bicyclic) bond motifs is 1. The number of amides is 2. The van der Waals surface area contributed by atoms with Crippen molar-refractivity contribution in [2.75, 3.05) is 32.8 Å². The standard InChI is InChI=1S/C18H21ClN4O5S2/c1-11(16(24)22-6-8-28-9-7-22)23-5-4-14(17(23)25)21-30(26,27)18-20-13-3-2-12(19)10-15(13)29-18/h2-3,10-11,14,21H,4-9H2,1H3/t11-,14?/m0/s1. The van der Waals surface area contributed by atoms with Crippen LogP contribution in [0.2, 0.25) is 5.02 Å².